The van der Waals surface area contributed by atoms with Gasteiger partial charge < -0.3 is 9.84 Å². The van der Waals surface area contributed by atoms with Gasteiger partial charge in [0.05, 0.1) is 13.5 Å². The second kappa shape index (κ2) is 5.47. The quantitative estimate of drug-likeness (QED) is 0.913. The Morgan fingerprint density at radius 3 is 2.60 bits per heavy atom. The Hall–Kier alpha value is -1.51. The summed E-state index contributed by atoms with van der Waals surface area (Å²) in [7, 11) is 1.67. The molecule has 0 bridgehead atoms. The van der Waals surface area contributed by atoms with E-state index in [2.05, 4.69) is 13.0 Å². The zero-order chi connectivity index (χ0) is 14.9. The fourth-order valence-corrected chi connectivity index (χ4v) is 3.55. The van der Waals surface area contributed by atoms with Crippen molar-refractivity contribution in [2.75, 3.05) is 7.11 Å². The van der Waals surface area contributed by atoms with Crippen molar-refractivity contribution in [1.82, 2.24) is 0 Å². The van der Waals surface area contributed by atoms with Crippen LogP contribution in [0, 0.1) is 6.92 Å². The molecule has 0 radical (unpaired) electrons. The molecule has 0 unspecified atom stereocenters. The minimum absolute atomic E-state index is 0.114. The van der Waals surface area contributed by atoms with Gasteiger partial charge in [-0.3, -0.25) is 4.79 Å². The predicted octanol–water partition coefficient (Wildman–Crippen LogP) is 3.63. The molecule has 0 heterocycles. The lowest BCUT2D eigenvalue weighted by atomic mass is 9.75. The van der Waals surface area contributed by atoms with Crippen LogP contribution in [0.25, 0.3) is 0 Å². The van der Waals surface area contributed by atoms with Gasteiger partial charge in [-0.25, -0.2) is 0 Å². The Kier molecular flexibility index (Phi) is 4.07. The van der Waals surface area contributed by atoms with E-state index < -0.39 is 11.4 Å². The summed E-state index contributed by atoms with van der Waals surface area (Å²) in [6.45, 7) is 6.09. The average molecular weight is 276 g/mol. The van der Waals surface area contributed by atoms with E-state index >= 15 is 0 Å². The van der Waals surface area contributed by atoms with Crippen molar-refractivity contribution in [1.29, 1.82) is 0 Å². The predicted molar refractivity (Wildman–Crippen MR) is 79.7 cm³/mol. The number of carboxylic acids is 1. The van der Waals surface area contributed by atoms with Crippen LogP contribution in [0.1, 0.15) is 55.4 Å². The third-order valence-corrected chi connectivity index (χ3v) is 4.38. The molecule has 1 aromatic rings. The van der Waals surface area contributed by atoms with Crippen molar-refractivity contribution in [2.45, 2.75) is 58.3 Å². The summed E-state index contributed by atoms with van der Waals surface area (Å²) < 4.78 is 5.57. The SMILES string of the molecule is COc1cc2c(c(C)c1C(C)(C)CC(=O)O)CCCC2. The van der Waals surface area contributed by atoms with Crippen LogP contribution in [-0.2, 0) is 23.1 Å². The van der Waals surface area contributed by atoms with Crippen LogP contribution in [0.2, 0.25) is 0 Å². The minimum atomic E-state index is -0.769. The number of fused-ring (bicyclic) bond motifs is 1. The lowest BCUT2D eigenvalue weighted by Crippen LogP contribution is -2.25. The lowest BCUT2D eigenvalue weighted by Gasteiger charge is -2.31. The van der Waals surface area contributed by atoms with Crippen LogP contribution < -0.4 is 4.74 Å². The van der Waals surface area contributed by atoms with E-state index in [1.165, 1.54) is 29.5 Å². The first-order valence-corrected chi connectivity index (χ1v) is 7.28. The van der Waals surface area contributed by atoms with E-state index in [9.17, 15) is 4.79 Å². The van der Waals surface area contributed by atoms with Gasteiger partial charge in [-0.15, -0.1) is 0 Å². The smallest absolute Gasteiger partial charge is 0.304 e. The van der Waals surface area contributed by atoms with Crippen molar-refractivity contribution < 1.29 is 14.6 Å². The molecule has 1 N–H and O–H groups in total. The van der Waals surface area contributed by atoms with Gasteiger partial charge in [-0.1, -0.05) is 13.8 Å². The van der Waals surface area contributed by atoms with Crippen molar-refractivity contribution >= 4 is 5.97 Å². The maximum Gasteiger partial charge on any atom is 0.304 e. The minimum Gasteiger partial charge on any atom is -0.496 e. The third-order valence-electron chi connectivity index (χ3n) is 4.38. The molecule has 0 saturated heterocycles. The van der Waals surface area contributed by atoms with E-state index in [1.807, 2.05) is 13.8 Å². The van der Waals surface area contributed by atoms with Crippen molar-refractivity contribution in [3.63, 3.8) is 0 Å². The standard InChI is InChI=1S/C17H24O3/c1-11-13-8-6-5-7-12(13)9-14(20-4)16(11)17(2,3)10-15(18)19/h9H,5-8,10H2,1-4H3,(H,18,19). The van der Waals surface area contributed by atoms with Gasteiger partial charge in [0.1, 0.15) is 5.75 Å². The number of rotatable bonds is 4. The van der Waals surface area contributed by atoms with E-state index in [0.717, 1.165) is 24.2 Å². The van der Waals surface area contributed by atoms with Crippen LogP contribution >= 0.6 is 0 Å². The molecule has 0 amide bonds. The van der Waals surface area contributed by atoms with Crippen molar-refractivity contribution in [3.8, 4) is 5.75 Å². The fraction of sp³-hybridized carbons (Fsp3) is 0.588. The fourth-order valence-electron chi connectivity index (χ4n) is 3.55. The molecule has 2 rings (SSSR count). The number of aryl methyl sites for hydroxylation is 1. The van der Waals surface area contributed by atoms with Crippen molar-refractivity contribution in [3.05, 3.63) is 28.3 Å². The summed E-state index contributed by atoms with van der Waals surface area (Å²) in [5.41, 5.74) is 4.65. The molecule has 0 aromatic heterocycles. The van der Waals surface area contributed by atoms with Crippen LogP contribution in [0.4, 0.5) is 0 Å². The number of aliphatic carboxylic acids is 1. The van der Waals surface area contributed by atoms with E-state index in [1.54, 1.807) is 7.11 Å². The van der Waals surface area contributed by atoms with E-state index in [-0.39, 0.29) is 6.42 Å². The molecule has 1 aliphatic carbocycles. The Morgan fingerprint density at radius 2 is 2.00 bits per heavy atom. The Morgan fingerprint density at radius 1 is 1.35 bits per heavy atom. The van der Waals surface area contributed by atoms with Crippen LogP contribution in [0.5, 0.6) is 5.75 Å². The maximum absolute atomic E-state index is 11.1. The highest BCUT2D eigenvalue weighted by Gasteiger charge is 2.31. The van der Waals surface area contributed by atoms with Gasteiger partial charge in [0.25, 0.3) is 0 Å². The molecule has 20 heavy (non-hydrogen) atoms. The lowest BCUT2D eigenvalue weighted by molar-refractivity contribution is -0.138. The molecule has 110 valence electrons. The normalized spacial score (nSPS) is 14.8. The van der Waals surface area contributed by atoms with E-state index in [0.29, 0.717) is 0 Å². The first-order chi connectivity index (χ1) is 9.36. The summed E-state index contributed by atoms with van der Waals surface area (Å²) in [6.07, 6.45) is 4.77. The molecule has 1 aromatic carbocycles. The summed E-state index contributed by atoms with van der Waals surface area (Å²) in [5.74, 6) is 0.0728. The monoisotopic (exact) mass is 276 g/mol. The van der Waals surface area contributed by atoms with Crippen molar-refractivity contribution in [2.24, 2.45) is 0 Å². The average Bonchev–Trinajstić information content (AvgIpc) is 2.36. The van der Waals surface area contributed by atoms with Gasteiger partial charge in [0.15, 0.2) is 0 Å². The number of carbonyl (C=O) groups is 1. The third kappa shape index (κ3) is 2.67. The molecule has 3 heteroatoms. The number of benzene rings is 1. The summed E-state index contributed by atoms with van der Waals surface area (Å²) in [6, 6.07) is 2.13. The van der Waals surface area contributed by atoms with Gasteiger partial charge >= 0.3 is 5.97 Å². The molecule has 0 fully saturated rings. The Balaban J connectivity index is 2.59. The first-order valence-electron chi connectivity index (χ1n) is 7.28. The molecule has 1 aliphatic rings. The number of hydrogen-bond acceptors (Lipinski definition) is 2. The highest BCUT2D eigenvalue weighted by atomic mass is 16.5. The van der Waals surface area contributed by atoms with Crippen LogP contribution in [-0.4, -0.2) is 18.2 Å². The zero-order valence-electron chi connectivity index (χ0n) is 12.9. The van der Waals surface area contributed by atoms with Crippen LogP contribution in [0.3, 0.4) is 0 Å². The van der Waals surface area contributed by atoms with Gasteiger partial charge in [-0.05, 0) is 55.4 Å². The number of hydrogen-bond donors (Lipinski definition) is 1. The van der Waals surface area contributed by atoms with E-state index in [4.69, 9.17) is 9.84 Å². The second-order valence-corrected chi connectivity index (χ2v) is 6.38. The molecule has 0 saturated carbocycles. The molecule has 0 spiro atoms. The summed E-state index contributed by atoms with van der Waals surface area (Å²) in [5, 5.41) is 9.16. The number of methoxy groups -OCH3 is 1. The Bertz CT molecular complexity index is 530. The first kappa shape index (κ1) is 14.9. The topological polar surface area (TPSA) is 46.5 Å². The van der Waals surface area contributed by atoms with Gasteiger partial charge in [-0.2, -0.15) is 0 Å². The largest absolute Gasteiger partial charge is 0.496 e. The molecular weight excluding hydrogens is 252 g/mol. The maximum atomic E-state index is 11.1. The number of ether oxygens (including phenoxy) is 1. The molecular formula is C17H24O3. The van der Waals surface area contributed by atoms with Gasteiger partial charge in [0.2, 0.25) is 0 Å². The van der Waals surface area contributed by atoms with Gasteiger partial charge in [0, 0.05) is 11.0 Å². The highest BCUT2D eigenvalue weighted by Crippen LogP contribution is 2.41. The summed E-state index contributed by atoms with van der Waals surface area (Å²) >= 11 is 0. The second-order valence-electron chi connectivity index (χ2n) is 6.38. The zero-order valence-corrected chi connectivity index (χ0v) is 12.9. The molecule has 0 aliphatic heterocycles. The highest BCUT2D eigenvalue weighted by molar-refractivity contribution is 5.70. The van der Waals surface area contributed by atoms with Crippen LogP contribution in [0.15, 0.2) is 6.07 Å². The summed E-state index contributed by atoms with van der Waals surface area (Å²) in [4.78, 5) is 11.1. The molecule has 3 nitrogen and oxygen atoms in total. The number of carboxylic acid groups (broad SMARTS) is 1. The molecule has 0 atom stereocenters. The Labute approximate surface area is 121 Å².